The molecule has 4 heteroatoms. The molecule has 0 bridgehead atoms. The van der Waals surface area contributed by atoms with Crippen LogP contribution in [0.15, 0.2) is 36.7 Å². The van der Waals surface area contributed by atoms with E-state index >= 15 is 0 Å². The molecule has 0 fully saturated rings. The van der Waals surface area contributed by atoms with Crippen LogP contribution in [0.2, 0.25) is 0 Å². The normalized spacial score (nSPS) is 9.89. The van der Waals surface area contributed by atoms with Crippen LogP contribution in [0.5, 0.6) is 11.5 Å². The first kappa shape index (κ1) is 12.1. The third-order valence-electron chi connectivity index (χ3n) is 2.62. The van der Waals surface area contributed by atoms with Crippen molar-refractivity contribution >= 4 is 6.29 Å². The van der Waals surface area contributed by atoms with Crippen LogP contribution in [0.4, 0.5) is 0 Å². The molecular weight excluding hydrogens is 230 g/mol. The maximum atomic E-state index is 10.8. The van der Waals surface area contributed by atoms with Gasteiger partial charge in [0, 0.05) is 35.2 Å². The van der Waals surface area contributed by atoms with Crippen molar-refractivity contribution in [3.63, 3.8) is 0 Å². The van der Waals surface area contributed by atoms with Gasteiger partial charge in [-0.3, -0.25) is 9.78 Å². The molecule has 18 heavy (non-hydrogen) atoms. The van der Waals surface area contributed by atoms with Crippen molar-refractivity contribution in [3.05, 3.63) is 42.2 Å². The van der Waals surface area contributed by atoms with Crippen LogP contribution in [-0.4, -0.2) is 25.5 Å². The Balaban J connectivity index is 2.52. The molecule has 0 aliphatic heterocycles. The van der Waals surface area contributed by atoms with Gasteiger partial charge in [0.05, 0.1) is 14.2 Å². The summed E-state index contributed by atoms with van der Waals surface area (Å²) in [5, 5.41) is 0. The summed E-state index contributed by atoms with van der Waals surface area (Å²) in [4.78, 5) is 14.8. The maximum Gasteiger partial charge on any atom is 0.151 e. The van der Waals surface area contributed by atoms with Crippen LogP contribution >= 0.6 is 0 Å². The number of carbonyl (C=O) groups is 1. The molecule has 0 spiro atoms. The highest BCUT2D eigenvalue weighted by atomic mass is 16.5. The molecule has 4 nitrogen and oxygen atoms in total. The van der Waals surface area contributed by atoms with Crippen molar-refractivity contribution in [2.75, 3.05) is 14.2 Å². The highest BCUT2D eigenvalue weighted by molar-refractivity contribution is 5.79. The number of carbonyl (C=O) groups excluding carboxylic acids is 1. The van der Waals surface area contributed by atoms with E-state index in [0.717, 1.165) is 23.2 Å². The minimum atomic E-state index is 0.533. The van der Waals surface area contributed by atoms with E-state index < -0.39 is 0 Å². The Morgan fingerprint density at radius 2 is 1.94 bits per heavy atom. The average Bonchev–Trinajstić information content (AvgIpc) is 2.46. The van der Waals surface area contributed by atoms with Crippen LogP contribution in [0.25, 0.3) is 11.1 Å². The summed E-state index contributed by atoms with van der Waals surface area (Å²) in [5.74, 6) is 1.40. The summed E-state index contributed by atoms with van der Waals surface area (Å²) in [7, 11) is 3.19. The molecule has 0 unspecified atom stereocenters. The van der Waals surface area contributed by atoms with Gasteiger partial charge in [-0.25, -0.2) is 0 Å². The van der Waals surface area contributed by atoms with Gasteiger partial charge in [-0.15, -0.1) is 0 Å². The van der Waals surface area contributed by atoms with Crippen molar-refractivity contribution in [1.82, 2.24) is 4.98 Å². The molecule has 0 N–H and O–H groups in total. The first-order valence-corrected chi connectivity index (χ1v) is 5.41. The van der Waals surface area contributed by atoms with Crippen molar-refractivity contribution in [1.29, 1.82) is 0 Å². The Morgan fingerprint density at radius 1 is 1.11 bits per heavy atom. The van der Waals surface area contributed by atoms with E-state index in [1.165, 1.54) is 6.20 Å². The number of nitrogens with zero attached hydrogens (tertiary/aromatic N) is 1. The molecule has 1 aromatic heterocycles. The number of rotatable bonds is 4. The second-order valence-corrected chi connectivity index (χ2v) is 3.69. The number of hydrogen-bond acceptors (Lipinski definition) is 4. The van der Waals surface area contributed by atoms with Gasteiger partial charge in [-0.1, -0.05) is 0 Å². The summed E-state index contributed by atoms with van der Waals surface area (Å²) >= 11 is 0. The predicted octanol–water partition coefficient (Wildman–Crippen LogP) is 2.58. The molecule has 2 rings (SSSR count). The van der Waals surface area contributed by atoms with E-state index in [0.29, 0.717) is 11.3 Å². The molecule has 0 saturated carbocycles. The summed E-state index contributed by atoms with van der Waals surface area (Å²) in [6, 6.07) is 7.28. The quantitative estimate of drug-likeness (QED) is 0.774. The maximum absolute atomic E-state index is 10.8. The topological polar surface area (TPSA) is 48.4 Å². The first-order valence-electron chi connectivity index (χ1n) is 5.41. The molecule has 2 aromatic rings. The first-order chi connectivity index (χ1) is 8.78. The number of ether oxygens (including phenoxy) is 2. The molecule has 0 radical (unpaired) electrons. The van der Waals surface area contributed by atoms with Crippen LogP contribution < -0.4 is 9.47 Å². The molecule has 1 aromatic carbocycles. The highest BCUT2D eigenvalue weighted by Gasteiger charge is 2.08. The second kappa shape index (κ2) is 5.31. The van der Waals surface area contributed by atoms with Crippen LogP contribution in [0, 0.1) is 0 Å². The van der Waals surface area contributed by atoms with Gasteiger partial charge >= 0.3 is 0 Å². The molecule has 0 amide bonds. The molecule has 1 heterocycles. The molecule has 0 aliphatic rings. The summed E-state index contributed by atoms with van der Waals surface area (Å²) < 4.78 is 10.5. The van der Waals surface area contributed by atoms with Crippen molar-refractivity contribution in [3.8, 4) is 22.6 Å². The number of aromatic nitrogens is 1. The second-order valence-electron chi connectivity index (χ2n) is 3.69. The van der Waals surface area contributed by atoms with E-state index in [1.807, 2.05) is 12.1 Å². The zero-order valence-electron chi connectivity index (χ0n) is 10.2. The Labute approximate surface area is 105 Å². The van der Waals surface area contributed by atoms with Crippen LogP contribution in [0.1, 0.15) is 10.4 Å². The van der Waals surface area contributed by atoms with Gasteiger partial charge in [0.2, 0.25) is 0 Å². The molecule has 0 saturated heterocycles. The monoisotopic (exact) mass is 243 g/mol. The Bertz CT molecular complexity index is 567. The molecule has 92 valence electrons. The fourth-order valence-corrected chi connectivity index (χ4v) is 1.71. The van der Waals surface area contributed by atoms with Gasteiger partial charge in [0.25, 0.3) is 0 Å². The lowest BCUT2D eigenvalue weighted by atomic mass is 10.0. The summed E-state index contributed by atoms with van der Waals surface area (Å²) in [6.45, 7) is 0. The van der Waals surface area contributed by atoms with E-state index in [2.05, 4.69) is 4.98 Å². The lowest BCUT2D eigenvalue weighted by Crippen LogP contribution is -1.92. The number of aldehydes is 1. The SMILES string of the molecule is COc1ccc(-c2cncc(C=O)c2)c(OC)c1. The van der Waals surface area contributed by atoms with Gasteiger partial charge < -0.3 is 9.47 Å². The van der Waals surface area contributed by atoms with E-state index in [-0.39, 0.29) is 0 Å². The largest absolute Gasteiger partial charge is 0.497 e. The lowest BCUT2D eigenvalue weighted by molar-refractivity contribution is 0.112. The summed E-state index contributed by atoms with van der Waals surface area (Å²) in [6.07, 6.45) is 3.98. The third-order valence-corrected chi connectivity index (χ3v) is 2.62. The predicted molar refractivity (Wildman–Crippen MR) is 68.2 cm³/mol. The van der Waals surface area contributed by atoms with Crippen LogP contribution in [0.3, 0.4) is 0 Å². The van der Waals surface area contributed by atoms with E-state index in [9.17, 15) is 4.79 Å². The number of methoxy groups -OCH3 is 2. The van der Waals surface area contributed by atoms with E-state index in [1.54, 1.807) is 32.5 Å². The lowest BCUT2D eigenvalue weighted by Gasteiger charge is -2.10. The number of benzene rings is 1. The zero-order chi connectivity index (χ0) is 13.0. The molecule has 0 aliphatic carbocycles. The van der Waals surface area contributed by atoms with Crippen molar-refractivity contribution in [2.45, 2.75) is 0 Å². The standard InChI is InChI=1S/C14H13NO3/c1-17-12-3-4-13(14(6-12)18-2)11-5-10(9-16)7-15-8-11/h3-9H,1-2H3. The number of pyridine rings is 1. The van der Waals surface area contributed by atoms with Gasteiger partial charge in [0.15, 0.2) is 6.29 Å². The third kappa shape index (κ3) is 2.32. The average molecular weight is 243 g/mol. The fourth-order valence-electron chi connectivity index (χ4n) is 1.71. The van der Waals surface area contributed by atoms with E-state index in [4.69, 9.17) is 9.47 Å². The van der Waals surface area contributed by atoms with Crippen molar-refractivity contribution < 1.29 is 14.3 Å². The van der Waals surface area contributed by atoms with Crippen LogP contribution in [-0.2, 0) is 0 Å². The van der Waals surface area contributed by atoms with Gasteiger partial charge in [-0.05, 0) is 18.2 Å². The van der Waals surface area contributed by atoms with Gasteiger partial charge in [-0.2, -0.15) is 0 Å². The van der Waals surface area contributed by atoms with Crippen molar-refractivity contribution in [2.24, 2.45) is 0 Å². The minimum Gasteiger partial charge on any atom is -0.497 e. The number of hydrogen-bond donors (Lipinski definition) is 0. The molecular formula is C14H13NO3. The smallest absolute Gasteiger partial charge is 0.151 e. The zero-order valence-corrected chi connectivity index (χ0v) is 10.2. The molecule has 0 atom stereocenters. The highest BCUT2D eigenvalue weighted by Crippen LogP contribution is 2.32. The Hall–Kier alpha value is -2.36. The summed E-state index contributed by atoms with van der Waals surface area (Å²) in [5.41, 5.74) is 2.24. The Morgan fingerprint density at radius 3 is 2.61 bits per heavy atom. The van der Waals surface area contributed by atoms with Gasteiger partial charge in [0.1, 0.15) is 11.5 Å². The fraction of sp³-hybridized carbons (Fsp3) is 0.143. The minimum absolute atomic E-state index is 0.533. The Kier molecular flexibility index (Phi) is 3.57.